The van der Waals surface area contributed by atoms with Crippen molar-refractivity contribution >= 4 is 6.08 Å². The van der Waals surface area contributed by atoms with Gasteiger partial charge < -0.3 is 30.6 Å². The van der Waals surface area contributed by atoms with Gasteiger partial charge in [0.15, 0.2) is 0 Å². The molecule has 0 amide bonds. The lowest BCUT2D eigenvalue weighted by Crippen LogP contribution is -2.46. The van der Waals surface area contributed by atoms with E-state index >= 15 is 0 Å². The minimum atomic E-state index is -1.67. The highest BCUT2D eigenvalue weighted by atomic mass is 16.4. The third-order valence-electron chi connectivity index (χ3n) is 1.51. The van der Waals surface area contributed by atoms with Gasteiger partial charge in [-0.25, -0.2) is 10.2 Å². The van der Waals surface area contributed by atoms with Crippen LogP contribution in [0, 0.1) is 5.41 Å². The van der Waals surface area contributed by atoms with Crippen molar-refractivity contribution in [2.45, 2.75) is 24.4 Å². The van der Waals surface area contributed by atoms with Crippen LogP contribution in [0.25, 0.3) is 0 Å². The molecular formula is C7H15NO7. The molecule has 0 aliphatic carbocycles. The lowest BCUT2D eigenvalue weighted by Gasteiger charge is -2.24. The van der Waals surface area contributed by atoms with Crippen molar-refractivity contribution in [1.29, 1.82) is 5.41 Å². The molecule has 0 aromatic heterocycles. The third kappa shape index (κ3) is 7.11. The molecule has 0 aromatic carbocycles. The first kappa shape index (κ1) is 16.6. The van der Waals surface area contributed by atoms with Crippen molar-refractivity contribution in [1.82, 2.24) is 0 Å². The van der Waals surface area contributed by atoms with Crippen molar-refractivity contribution in [3.05, 3.63) is 0 Å². The van der Waals surface area contributed by atoms with E-state index < -0.39 is 37.6 Å². The summed E-state index contributed by atoms with van der Waals surface area (Å²) in [4.78, 5) is 8.35. The molecule has 4 unspecified atom stereocenters. The second-order valence-electron chi connectivity index (χ2n) is 2.58. The van der Waals surface area contributed by atoms with Crippen LogP contribution in [0.4, 0.5) is 0 Å². The number of aliphatic hydroxyl groups excluding tert-OH is 6. The van der Waals surface area contributed by atoms with Gasteiger partial charge >= 0.3 is 0 Å². The maximum absolute atomic E-state index is 8.96. The standard InChI is InChI=1S/C6H14O6.CHNO/c7-1-3(9)5(11)6(12)4(10)2-8;2-1-3/h3-12H,1-2H2;2H. The van der Waals surface area contributed by atoms with E-state index in [2.05, 4.69) is 0 Å². The van der Waals surface area contributed by atoms with Crippen molar-refractivity contribution in [2.24, 2.45) is 0 Å². The monoisotopic (exact) mass is 225 g/mol. The molecule has 7 N–H and O–H groups in total. The van der Waals surface area contributed by atoms with Gasteiger partial charge in [-0.3, -0.25) is 0 Å². The second-order valence-corrected chi connectivity index (χ2v) is 2.58. The maximum Gasteiger partial charge on any atom is 0.231 e. The molecule has 0 fully saturated rings. The fourth-order valence-electron chi connectivity index (χ4n) is 0.671. The number of carbonyl (C=O) groups excluding carboxylic acids is 1. The molecule has 0 saturated heterocycles. The number of isocyanates is 1. The average Bonchev–Trinajstić information content (AvgIpc) is 2.25. The zero-order valence-electron chi connectivity index (χ0n) is 7.82. The lowest BCUT2D eigenvalue weighted by molar-refractivity contribution is -0.123. The number of aliphatic hydroxyl groups is 6. The molecule has 0 aromatic rings. The normalized spacial score (nSPS) is 17.7. The number of hydrogen-bond donors (Lipinski definition) is 7. The number of nitrogens with one attached hydrogen (secondary N) is 1. The van der Waals surface area contributed by atoms with E-state index in [1.165, 1.54) is 0 Å². The SMILES string of the molecule is N=C=O.OCC(O)C(O)C(O)C(O)CO. The predicted octanol–water partition coefficient (Wildman–Crippen LogP) is -3.68. The molecule has 8 heteroatoms. The summed E-state index contributed by atoms with van der Waals surface area (Å²) in [6.45, 7) is -1.45. The average molecular weight is 225 g/mol. The quantitative estimate of drug-likeness (QED) is 0.187. The molecule has 0 radical (unpaired) electrons. The second kappa shape index (κ2) is 9.69. The third-order valence-corrected chi connectivity index (χ3v) is 1.51. The van der Waals surface area contributed by atoms with Crippen LogP contribution in [-0.4, -0.2) is 74.3 Å². The predicted molar refractivity (Wildman–Crippen MR) is 46.6 cm³/mol. The van der Waals surface area contributed by atoms with Gasteiger partial charge in [0.2, 0.25) is 6.08 Å². The van der Waals surface area contributed by atoms with Crippen molar-refractivity contribution in [3.8, 4) is 0 Å². The Hall–Kier alpha value is -0.860. The Kier molecular flexibility index (Phi) is 10.7. The fourth-order valence-corrected chi connectivity index (χ4v) is 0.671. The van der Waals surface area contributed by atoms with Crippen LogP contribution in [0.3, 0.4) is 0 Å². The zero-order valence-corrected chi connectivity index (χ0v) is 7.82. The minimum absolute atomic E-state index is 0.726. The molecule has 0 bridgehead atoms. The molecule has 15 heavy (non-hydrogen) atoms. The van der Waals surface area contributed by atoms with Crippen molar-refractivity contribution < 1.29 is 35.4 Å². The summed E-state index contributed by atoms with van der Waals surface area (Å²) in [5.74, 6) is 0. The van der Waals surface area contributed by atoms with E-state index in [0.29, 0.717) is 0 Å². The highest BCUT2D eigenvalue weighted by Gasteiger charge is 2.29. The Morgan fingerprint density at radius 2 is 1.13 bits per heavy atom. The first-order valence-corrected chi connectivity index (χ1v) is 3.94. The fraction of sp³-hybridized carbons (Fsp3) is 0.857. The van der Waals surface area contributed by atoms with Gasteiger partial charge in [0.05, 0.1) is 13.2 Å². The highest BCUT2D eigenvalue weighted by Crippen LogP contribution is 2.03. The van der Waals surface area contributed by atoms with Crippen LogP contribution in [-0.2, 0) is 4.79 Å². The Labute approximate surface area is 85.5 Å². The molecule has 8 nitrogen and oxygen atoms in total. The van der Waals surface area contributed by atoms with Crippen LogP contribution < -0.4 is 0 Å². The first-order valence-electron chi connectivity index (χ1n) is 3.94. The van der Waals surface area contributed by atoms with Crippen LogP contribution >= 0.6 is 0 Å². The smallest absolute Gasteiger partial charge is 0.231 e. The Bertz CT molecular complexity index is 168. The van der Waals surface area contributed by atoms with Crippen LogP contribution in [0.15, 0.2) is 0 Å². The lowest BCUT2D eigenvalue weighted by atomic mass is 10.0. The van der Waals surface area contributed by atoms with Crippen LogP contribution in [0.2, 0.25) is 0 Å². The molecule has 0 heterocycles. The first-order chi connectivity index (χ1) is 6.95. The molecule has 0 spiro atoms. The summed E-state index contributed by atoms with van der Waals surface area (Å²) in [5.41, 5.74) is 0. The Morgan fingerprint density at radius 3 is 1.27 bits per heavy atom. The van der Waals surface area contributed by atoms with Gasteiger partial charge in [0.1, 0.15) is 24.4 Å². The van der Waals surface area contributed by atoms with E-state index in [1.54, 1.807) is 0 Å². The van der Waals surface area contributed by atoms with Gasteiger partial charge in [0, 0.05) is 0 Å². The van der Waals surface area contributed by atoms with Gasteiger partial charge in [-0.2, -0.15) is 0 Å². The maximum atomic E-state index is 8.96. The Morgan fingerprint density at radius 1 is 0.933 bits per heavy atom. The van der Waals surface area contributed by atoms with Gasteiger partial charge in [-0.1, -0.05) is 0 Å². The van der Waals surface area contributed by atoms with Gasteiger partial charge in [-0.15, -0.1) is 0 Å². The molecule has 0 aliphatic rings. The Balaban J connectivity index is 0. The molecule has 0 rings (SSSR count). The van der Waals surface area contributed by atoms with E-state index in [-0.39, 0.29) is 0 Å². The van der Waals surface area contributed by atoms with Gasteiger partial charge in [0.25, 0.3) is 0 Å². The molecule has 0 aliphatic heterocycles. The number of hydrogen-bond acceptors (Lipinski definition) is 8. The molecule has 0 saturated carbocycles. The summed E-state index contributed by atoms with van der Waals surface area (Å²) < 4.78 is 0. The summed E-state index contributed by atoms with van der Waals surface area (Å²) in [7, 11) is 0. The van der Waals surface area contributed by atoms with Gasteiger partial charge in [-0.05, 0) is 0 Å². The van der Waals surface area contributed by atoms with E-state index in [4.69, 9.17) is 40.8 Å². The summed E-state index contributed by atoms with van der Waals surface area (Å²) >= 11 is 0. The van der Waals surface area contributed by atoms with E-state index in [1.807, 2.05) is 0 Å². The summed E-state index contributed by atoms with van der Waals surface area (Å²) in [6, 6.07) is 0. The van der Waals surface area contributed by atoms with Crippen molar-refractivity contribution in [3.63, 3.8) is 0 Å². The molecular weight excluding hydrogens is 210 g/mol. The molecule has 4 atom stereocenters. The van der Waals surface area contributed by atoms with E-state index in [0.717, 1.165) is 6.08 Å². The number of rotatable bonds is 5. The topological polar surface area (TPSA) is 162 Å². The molecule has 90 valence electrons. The zero-order chi connectivity index (χ0) is 12.4. The van der Waals surface area contributed by atoms with Crippen LogP contribution in [0.5, 0.6) is 0 Å². The summed E-state index contributed by atoms with van der Waals surface area (Å²) in [6.07, 6.45) is -5.64. The minimum Gasteiger partial charge on any atom is -0.394 e. The van der Waals surface area contributed by atoms with Crippen LogP contribution in [0.1, 0.15) is 0 Å². The summed E-state index contributed by atoms with van der Waals surface area (Å²) in [5, 5.41) is 57.6. The van der Waals surface area contributed by atoms with E-state index in [9.17, 15) is 0 Å². The largest absolute Gasteiger partial charge is 0.394 e. The van der Waals surface area contributed by atoms with Crippen molar-refractivity contribution in [2.75, 3.05) is 13.2 Å². The highest BCUT2D eigenvalue weighted by molar-refractivity contribution is 5.26.